The summed E-state index contributed by atoms with van der Waals surface area (Å²) >= 11 is 0. The fourth-order valence-electron chi connectivity index (χ4n) is 3.86. The zero-order valence-electron chi connectivity index (χ0n) is 20.8. The van der Waals surface area contributed by atoms with Crippen LogP contribution in [-0.4, -0.2) is 80.7 Å². The molecular formula is C23H45IN4O4. The van der Waals surface area contributed by atoms with Gasteiger partial charge in [-0.25, -0.2) is 4.79 Å². The Morgan fingerprint density at radius 3 is 2.41 bits per heavy atom. The molecule has 2 rings (SSSR count). The number of alkyl carbamates (subject to hydrolysis) is 1. The molecule has 188 valence electrons. The zero-order valence-corrected chi connectivity index (χ0v) is 23.1. The number of guanidine groups is 1. The zero-order chi connectivity index (χ0) is 22.9. The average Bonchev–Trinajstić information content (AvgIpc) is 2.72. The molecule has 2 atom stereocenters. The third kappa shape index (κ3) is 10.9. The minimum atomic E-state index is -0.509. The highest BCUT2D eigenvalue weighted by Crippen LogP contribution is 2.18. The number of nitrogens with zero attached hydrogens (tertiary/aromatic N) is 2. The Morgan fingerprint density at radius 1 is 1.19 bits per heavy atom. The fourth-order valence-corrected chi connectivity index (χ4v) is 3.86. The molecule has 2 N–H and O–H groups in total. The molecule has 0 aromatic heterocycles. The Labute approximate surface area is 211 Å². The van der Waals surface area contributed by atoms with E-state index in [1.807, 2.05) is 20.8 Å². The van der Waals surface area contributed by atoms with Gasteiger partial charge in [0.1, 0.15) is 5.60 Å². The Kier molecular flexibility index (Phi) is 13.2. The van der Waals surface area contributed by atoms with E-state index in [0.717, 1.165) is 44.9 Å². The quantitative estimate of drug-likeness (QED) is 0.277. The van der Waals surface area contributed by atoms with E-state index in [2.05, 4.69) is 34.4 Å². The number of nitrogens with one attached hydrogen (secondary N) is 2. The molecule has 32 heavy (non-hydrogen) atoms. The van der Waals surface area contributed by atoms with Gasteiger partial charge < -0.3 is 29.7 Å². The second kappa shape index (κ2) is 14.5. The largest absolute Gasteiger partial charge is 0.444 e. The average molecular weight is 569 g/mol. The lowest BCUT2D eigenvalue weighted by Crippen LogP contribution is -2.52. The monoisotopic (exact) mass is 568 g/mol. The van der Waals surface area contributed by atoms with Crippen molar-refractivity contribution in [1.29, 1.82) is 0 Å². The number of amides is 1. The lowest BCUT2D eigenvalue weighted by Gasteiger charge is -2.35. The van der Waals surface area contributed by atoms with Crippen LogP contribution >= 0.6 is 24.0 Å². The molecule has 1 amide bonds. The van der Waals surface area contributed by atoms with Gasteiger partial charge in [-0.05, 0) is 58.8 Å². The molecule has 0 aliphatic carbocycles. The number of aliphatic imine (C=N–C) groups is 1. The van der Waals surface area contributed by atoms with Crippen molar-refractivity contribution in [3.8, 4) is 0 Å². The van der Waals surface area contributed by atoms with E-state index in [1.54, 1.807) is 7.05 Å². The van der Waals surface area contributed by atoms with Crippen molar-refractivity contribution in [1.82, 2.24) is 15.5 Å². The van der Waals surface area contributed by atoms with Gasteiger partial charge in [-0.3, -0.25) is 4.99 Å². The molecule has 2 saturated heterocycles. The van der Waals surface area contributed by atoms with Crippen LogP contribution < -0.4 is 10.6 Å². The van der Waals surface area contributed by atoms with Crippen LogP contribution in [-0.2, 0) is 14.2 Å². The molecule has 2 aliphatic rings. The molecular weight excluding hydrogens is 523 g/mol. The second-order valence-corrected chi connectivity index (χ2v) is 9.93. The van der Waals surface area contributed by atoms with Crippen molar-refractivity contribution in [3.63, 3.8) is 0 Å². The second-order valence-electron chi connectivity index (χ2n) is 9.93. The predicted molar refractivity (Wildman–Crippen MR) is 139 cm³/mol. The maximum atomic E-state index is 12.2. The molecule has 9 heteroatoms. The van der Waals surface area contributed by atoms with Crippen LogP contribution in [0, 0.1) is 5.92 Å². The summed E-state index contributed by atoms with van der Waals surface area (Å²) in [5.74, 6) is 1.13. The van der Waals surface area contributed by atoms with Crippen molar-refractivity contribution >= 4 is 36.0 Å². The number of piperidine rings is 1. The van der Waals surface area contributed by atoms with E-state index in [4.69, 9.17) is 14.2 Å². The van der Waals surface area contributed by atoms with Crippen LogP contribution in [0.5, 0.6) is 0 Å². The van der Waals surface area contributed by atoms with Crippen molar-refractivity contribution in [2.75, 3.05) is 39.9 Å². The third-order valence-electron chi connectivity index (χ3n) is 5.73. The van der Waals surface area contributed by atoms with Crippen LogP contribution in [0.3, 0.4) is 0 Å². The molecule has 0 aromatic rings. The standard InChI is InChI=1S/C23H44N4O4.HI/c1-17(2)20(26-22(28)31-23(3,4)5)15-25-21(24-6)27-12-10-18(11-13-27)30-16-19-9-7-8-14-29-19;/h17-20H,7-16H2,1-6H3,(H,24,25)(H,26,28);1H. The van der Waals surface area contributed by atoms with Gasteiger partial charge in [-0.2, -0.15) is 0 Å². The maximum absolute atomic E-state index is 12.2. The van der Waals surface area contributed by atoms with E-state index in [1.165, 1.54) is 12.8 Å². The molecule has 8 nitrogen and oxygen atoms in total. The lowest BCUT2D eigenvalue weighted by atomic mass is 10.0. The number of rotatable bonds is 7. The lowest BCUT2D eigenvalue weighted by molar-refractivity contribution is -0.0721. The van der Waals surface area contributed by atoms with Crippen LogP contribution in [0.4, 0.5) is 4.79 Å². The van der Waals surface area contributed by atoms with Crippen LogP contribution in [0.25, 0.3) is 0 Å². The first kappa shape index (κ1) is 29.2. The summed E-state index contributed by atoms with van der Waals surface area (Å²) in [6.07, 6.45) is 5.67. The molecule has 2 heterocycles. The Hall–Kier alpha value is -0.810. The summed E-state index contributed by atoms with van der Waals surface area (Å²) in [4.78, 5) is 18.9. The van der Waals surface area contributed by atoms with Gasteiger partial charge in [0.25, 0.3) is 0 Å². The smallest absolute Gasteiger partial charge is 0.407 e. The molecule has 0 saturated carbocycles. The van der Waals surface area contributed by atoms with Gasteiger partial charge in [0.2, 0.25) is 0 Å². The third-order valence-corrected chi connectivity index (χ3v) is 5.73. The van der Waals surface area contributed by atoms with Crippen LogP contribution in [0.15, 0.2) is 4.99 Å². The van der Waals surface area contributed by atoms with Gasteiger partial charge in [-0.15, -0.1) is 24.0 Å². The van der Waals surface area contributed by atoms with Crippen LogP contribution in [0.1, 0.15) is 66.7 Å². The number of carbonyl (C=O) groups is 1. The molecule has 0 aromatic carbocycles. The topological polar surface area (TPSA) is 84.4 Å². The summed E-state index contributed by atoms with van der Waals surface area (Å²) in [7, 11) is 1.80. The first-order valence-corrected chi connectivity index (χ1v) is 11.9. The number of likely N-dealkylation sites (tertiary alicyclic amines) is 1. The summed E-state index contributed by atoms with van der Waals surface area (Å²) in [5, 5.41) is 6.41. The Morgan fingerprint density at radius 2 is 1.88 bits per heavy atom. The number of halogens is 1. The van der Waals surface area contributed by atoms with Gasteiger partial charge >= 0.3 is 6.09 Å². The normalized spacial score (nSPS) is 21.7. The SMILES string of the molecule is CN=C(NCC(NC(=O)OC(C)(C)C)C(C)C)N1CCC(OCC2CCCCO2)CC1.I. The van der Waals surface area contributed by atoms with E-state index < -0.39 is 5.60 Å². The number of ether oxygens (including phenoxy) is 3. The Bertz CT molecular complexity index is 569. The number of carbonyl (C=O) groups excluding carboxylic acids is 1. The molecule has 2 unspecified atom stereocenters. The fraction of sp³-hybridized carbons (Fsp3) is 0.913. The highest BCUT2D eigenvalue weighted by Gasteiger charge is 2.25. The first-order valence-electron chi connectivity index (χ1n) is 11.9. The summed E-state index contributed by atoms with van der Waals surface area (Å²) in [6.45, 7) is 13.8. The molecule has 0 bridgehead atoms. The first-order chi connectivity index (χ1) is 14.7. The van der Waals surface area contributed by atoms with E-state index in [9.17, 15) is 4.79 Å². The van der Waals surface area contributed by atoms with Crippen molar-refractivity contribution in [2.24, 2.45) is 10.9 Å². The Balaban J connectivity index is 0.00000512. The summed E-state index contributed by atoms with van der Waals surface area (Å²) in [5.41, 5.74) is -0.509. The minimum absolute atomic E-state index is 0. The van der Waals surface area contributed by atoms with E-state index >= 15 is 0 Å². The summed E-state index contributed by atoms with van der Waals surface area (Å²) < 4.78 is 17.3. The highest BCUT2D eigenvalue weighted by molar-refractivity contribution is 14.0. The molecule has 0 radical (unpaired) electrons. The molecule has 2 fully saturated rings. The van der Waals surface area contributed by atoms with E-state index in [0.29, 0.717) is 13.2 Å². The highest BCUT2D eigenvalue weighted by atomic mass is 127. The summed E-state index contributed by atoms with van der Waals surface area (Å²) in [6, 6.07) is -0.0528. The van der Waals surface area contributed by atoms with Gasteiger partial charge in [0.15, 0.2) is 5.96 Å². The molecule has 2 aliphatic heterocycles. The van der Waals surface area contributed by atoms with Crippen molar-refractivity contribution in [3.05, 3.63) is 0 Å². The van der Waals surface area contributed by atoms with Gasteiger partial charge in [-0.1, -0.05) is 13.8 Å². The number of hydrogen-bond donors (Lipinski definition) is 2. The maximum Gasteiger partial charge on any atom is 0.407 e. The molecule has 0 spiro atoms. The van der Waals surface area contributed by atoms with Crippen molar-refractivity contribution in [2.45, 2.75) is 90.6 Å². The minimum Gasteiger partial charge on any atom is -0.444 e. The van der Waals surface area contributed by atoms with Crippen LogP contribution in [0.2, 0.25) is 0 Å². The van der Waals surface area contributed by atoms with Gasteiger partial charge in [0, 0.05) is 33.3 Å². The van der Waals surface area contributed by atoms with Gasteiger partial charge in [0.05, 0.1) is 24.9 Å². The van der Waals surface area contributed by atoms with Crippen molar-refractivity contribution < 1.29 is 19.0 Å². The predicted octanol–water partition coefficient (Wildman–Crippen LogP) is 3.78. The number of hydrogen-bond acceptors (Lipinski definition) is 5. The van der Waals surface area contributed by atoms with E-state index in [-0.39, 0.29) is 54.2 Å².